The zero-order valence-corrected chi connectivity index (χ0v) is 15.3. The maximum absolute atomic E-state index is 12.8. The van der Waals surface area contributed by atoms with Crippen LogP contribution in [-0.4, -0.2) is 26.4 Å². The molecule has 6 heteroatoms. The van der Waals surface area contributed by atoms with Crippen LogP contribution in [0.15, 0.2) is 35.1 Å². The number of rotatable bonds is 6. The van der Waals surface area contributed by atoms with Crippen molar-refractivity contribution in [3.05, 3.63) is 62.8 Å². The standard InChI is InChI=1S/C19H22ClN3O2/c1-13-11-14(2)22(19(25)21-13)10-9-18(24)23(16-7-8-16)12-15-5-3-4-6-17(15)20/h3-6,11,16H,7-10,12H2,1-2H3. The zero-order valence-electron chi connectivity index (χ0n) is 14.5. The molecule has 3 rings (SSSR count). The summed E-state index contributed by atoms with van der Waals surface area (Å²) in [6.07, 6.45) is 2.34. The molecule has 5 nitrogen and oxygen atoms in total. The highest BCUT2D eigenvalue weighted by Gasteiger charge is 2.32. The van der Waals surface area contributed by atoms with Gasteiger partial charge in [0.25, 0.3) is 0 Å². The van der Waals surface area contributed by atoms with E-state index in [4.69, 9.17) is 11.6 Å². The third kappa shape index (κ3) is 4.28. The van der Waals surface area contributed by atoms with Crippen molar-refractivity contribution in [3.63, 3.8) is 0 Å². The molecule has 1 aliphatic carbocycles. The highest BCUT2D eigenvalue weighted by Crippen LogP contribution is 2.30. The average Bonchev–Trinajstić information content (AvgIpc) is 3.37. The van der Waals surface area contributed by atoms with Crippen LogP contribution in [0.25, 0.3) is 0 Å². The van der Waals surface area contributed by atoms with Crippen molar-refractivity contribution in [1.82, 2.24) is 14.5 Å². The smallest absolute Gasteiger partial charge is 0.335 e. The summed E-state index contributed by atoms with van der Waals surface area (Å²) in [6.45, 7) is 4.52. The van der Waals surface area contributed by atoms with Gasteiger partial charge >= 0.3 is 5.69 Å². The number of carbonyl (C=O) groups is 1. The highest BCUT2D eigenvalue weighted by atomic mass is 35.5. The van der Waals surface area contributed by atoms with E-state index in [1.807, 2.05) is 42.2 Å². The zero-order chi connectivity index (χ0) is 18.0. The van der Waals surface area contributed by atoms with E-state index in [9.17, 15) is 9.59 Å². The summed E-state index contributed by atoms with van der Waals surface area (Å²) in [6, 6.07) is 9.75. The quantitative estimate of drug-likeness (QED) is 0.796. The third-order valence-corrected chi connectivity index (χ3v) is 4.87. The third-order valence-electron chi connectivity index (χ3n) is 4.50. The van der Waals surface area contributed by atoms with Crippen LogP contribution in [-0.2, 0) is 17.9 Å². The van der Waals surface area contributed by atoms with E-state index in [0.29, 0.717) is 23.8 Å². The Morgan fingerprint density at radius 1 is 1.32 bits per heavy atom. The van der Waals surface area contributed by atoms with Gasteiger partial charge in [0, 0.05) is 42.0 Å². The first-order valence-electron chi connectivity index (χ1n) is 8.53. The van der Waals surface area contributed by atoms with Crippen LogP contribution in [0.2, 0.25) is 5.02 Å². The van der Waals surface area contributed by atoms with Gasteiger partial charge in [-0.25, -0.2) is 4.79 Å². The van der Waals surface area contributed by atoms with Gasteiger partial charge < -0.3 is 4.90 Å². The molecule has 1 fully saturated rings. The Balaban J connectivity index is 1.70. The lowest BCUT2D eigenvalue weighted by atomic mass is 10.2. The summed E-state index contributed by atoms with van der Waals surface area (Å²) in [5.74, 6) is 0.0503. The lowest BCUT2D eigenvalue weighted by molar-refractivity contribution is -0.132. The lowest BCUT2D eigenvalue weighted by Crippen LogP contribution is -2.35. The normalized spacial score (nSPS) is 13.7. The maximum atomic E-state index is 12.8. The fourth-order valence-corrected chi connectivity index (χ4v) is 3.21. The van der Waals surface area contributed by atoms with E-state index in [1.165, 1.54) is 0 Å². The van der Waals surface area contributed by atoms with Crippen molar-refractivity contribution in [2.45, 2.75) is 52.2 Å². The number of benzene rings is 1. The van der Waals surface area contributed by atoms with Crippen LogP contribution < -0.4 is 5.69 Å². The lowest BCUT2D eigenvalue weighted by Gasteiger charge is -2.23. The fraction of sp³-hybridized carbons (Fsp3) is 0.421. The Kier molecular flexibility index (Phi) is 5.23. The van der Waals surface area contributed by atoms with Gasteiger partial charge in [-0.3, -0.25) is 9.36 Å². The van der Waals surface area contributed by atoms with Crippen LogP contribution in [0.3, 0.4) is 0 Å². The minimum absolute atomic E-state index is 0.0503. The second-order valence-corrected chi connectivity index (χ2v) is 6.97. The average molecular weight is 360 g/mol. The minimum Gasteiger partial charge on any atom is -0.335 e. The molecule has 1 aliphatic rings. The Morgan fingerprint density at radius 3 is 2.68 bits per heavy atom. The van der Waals surface area contributed by atoms with Gasteiger partial charge in [0.15, 0.2) is 0 Å². The molecule has 0 spiro atoms. The summed E-state index contributed by atoms with van der Waals surface area (Å²) in [7, 11) is 0. The fourth-order valence-electron chi connectivity index (χ4n) is 3.01. The summed E-state index contributed by atoms with van der Waals surface area (Å²) in [4.78, 5) is 30.6. The summed E-state index contributed by atoms with van der Waals surface area (Å²) in [5.41, 5.74) is 2.18. The van der Waals surface area contributed by atoms with Crippen molar-refractivity contribution in [2.24, 2.45) is 0 Å². The van der Waals surface area contributed by atoms with Crippen LogP contribution in [0.5, 0.6) is 0 Å². The predicted molar refractivity (Wildman–Crippen MR) is 97.6 cm³/mol. The largest absolute Gasteiger partial charge is 0.347 e. The van der Waals surface area contributed by atoms with E-state index in [1.54, 1.807) is 11.5 Å². The maximum Gasteiger partial charge on any atom is 0.347 e. The van der Waals surface area contributed by atoms with E-state index in [2.05, 4.69) is 4.98 Å². The van der Waals surface area contributed by atoms with E-state index in [0.717, 1.165) is 24.1 Å². The molecule has 2 aromatic rings. The molecule has 1 aromatic carbocycles. The second-order valence-electron chi connectivity index (χ2n) is 6.57. The number of halogens is 1. The Bertz CT molecular complexity index is 843. The van der Waals surface area contributed by atoms with Crippen molar-refractivity contribution in [3.8, 4) is 0 Å². The van der Waals surface area contributed by atoms with Crippen molar-refractivity contribution >= 4 is 17.5 Å². The van der Waals surface area contributed by atoms with Crippen molar-refractivity contribution in [1.29, 1.82) is 0 Å². The number of hydrogen-bond donors (Lipinski definition) is 0. The monoisotopic (exact) mass is 359 g/mol. The second kappa shape index (κ2) is 7.40. The number of carbonyl (C=O) groups excluding carboxylic acids is 1. The van der Waals surface area contributed by atoms with Crippen LogP contribution in [0, 0.1) is 13.8 Å². The number of aromatic nitrogens is 2. The van der Waals surface area contributed by atoms with Crippen LogP contribution in [0.1, 0.15) is 36.2 Å². The first kappa shape index (κ1) is 17.7. The SMILES string of the molecule is Cc1cc(C)n(CCC(=O)N(Cc2ccccc2Cl)C2CC2)c(=O)n1. The molecule has 1 amide bonds. The number of amides is 1. The highest BCUT2D eigenvalue weighted by molar-refractivity contribution is 6.31. The van der Waals surface area contributed by atoms with E-state index >= 15 is 0 Å². The van der Waals surface area contributed by atoms with Crippen molar-refractivity contribution in [2.75, 3.05) is 0 Å². The van der Waals surface area contributed by atoms with Gasteiger partial charge in [-0.2, -0.15) is 4.98 Å². The van der Waals surface area contributed by atoms with Gasteiger partial charge in [-0.1, -0.05) is 29.8 Å². The summed E-state index contributed by atoms with van der Waals surface area (Å²) in [5, 5.41) is 0.677. The predicted octanol–water partition coefficient (Wildman–Crippen LogP) is 3.09. The molecular weight excluding hydrogens is 338 g/mol. The molecule has 1 saturated carbocycles. The number of aryl methyl sites for hydroxylation is 2. The molecule has 0 bridgehead atoms. The van der Waals surface area contributed by atoms with Gasteiger partial charge in [-0.15, -0.1) is 0 Å². The Morgan fingerprint density at radius 2 is 2.04 bits per heavy atom. The Hall–Kier alpha value is -2.14. The Labute approximate surface area is 152 Å². The molecule has 25 heavy (non-hydrogen) atoms. The molecule has 0 N–H and O–H groups in total. The number of nitrogens with zero attached hydrogens (tertiary/aromatic N) is 3. The molecule has 1 heterocycles. The van der Waals surface area contributed by atoms with Crippen LogP contribution in [0.4, 0.5) is 0 Å². The molecule has 0 aliphatic heterocycles. The van der Waals surface area contributed by atoms with Crippen molar-refractivity contribution < 1.29 is 4.79 Å². The molecule has 0 saturated heterocycles. The summed E-state index contributed by atoms with van der Waals surface area (Å²) < 4.78 is 1.56. The van der Waals surface area contributed by atoms with Crippen LogP contribution >= 0.6 is 11.6 Å². The molecule has 132 valence electrons. The van der Waals surface area contributed by atoms with Gasteiger partial charge in [0.2, 0.25) is 5.91 Å². The first-order valence-corrected chi connectivity index (χ1v) is 8.91. The molecule has 0 radical (unpaired) electrons. The summed E-state index contributed by atoms with van der Waals surface area (Å²) >= 11 is 6.24. The molecule has 0 unspecified atom stereocenters. The number of hydrogen-bond acceptors (Lipinski definition) is 3. The van der Waals surface area contributed by atoms with E-state index < -0.39 is 0 Å². The molecule has 1 aromatic heterocycles. The molecular formula is C19H22ClN3O2. The molecule has 0 atom stereocenters. The topological polar surface area (TPSA) is 55.2 Å². The minimum atomic E-state index is -0.297. The van der Waals surface area contributed by atoms with Gasteiger partial charge in [0.1, 0.15) is 0 Å². The van der Waals surface area contributed by atoms with Gasteiger partial charge in [-0.05, 0) is 44.4 Å². The first-order chi connectivity index (χ1) is 12.0. The van der Waals surface area contributed by atoms with E-state index in [-0.39, 0.29) is 24.1 Å². The van der Waals surface area contributed by atoms with Gasteiger partial charge in [0.05, 0.1) is 0 Å².